The van der Waals surface area contributed by atoms with Crippen molar-refractivity contribution in [2.75, 3.05) is 14.2 Å². The van der Waals surface area contributed by atoms with Crippen LogP contribution in [-0.4, -0.2) is 37.4 Å². The molecule has 2 aromatic carbocycles. The molecule has 0 bridgehead atoms. The third-order valence-electron chi connectivity index (χ3n) is 3.91. The molecule has 9 heteroatoms. The second kappa shape index (κ2) is 9.13. The van der Waals surface area contributed by atoms with Crippen LogP contribution in [-0.2, 0) is 15.8 Å². The number of aliphatic imine (C=N–C) groups is 1. The van der Waals surface area contributed by atoms with Crippen molar-refractivity contribution in [2.45, 2.75) is 13.1 Å². The van der Waals surface area contributed by atoms with Gasteiger partial charge in [-0.05, 0) is 30.7 Å². The summed E-state index contributed by atoms with van der Waals surface area (Å²) in [7, 11) is 2.65. The summed E-state index contributed by atoms with van der Waals surface area (Å²) in [5.41, 5.74) is -0.487. The zero-order valence-corrected chi connectivity index (χ0v) is 15.9. The van der Waals surface area contributed by atoms with Gasteiger partial charge in [-0.25, -0.2) is 4.99 Å². The molecule has 0 saturated carbocycles. The molecule has 0 aliphatic carbocycles. The number of nitrogens with one attached hydrogen (secondary N) is 1. The first-order chi connectivity index (χ1) is 13.7. The summed E-state index contributed by atoms with van der Waals surface area (Å²) in [5, 5.41) is 6.06. The molecule has 0 fully saturated rings. The molecule has 1 N–H and O–H groups in total. The van der Waals surface area contributed by atoms with E-state index in [4.69, 9.17) is 0 Å². The van der Waals surface area contributed by atoms with E-state index >= 15 is 0 Å². The molecule has 0 aliphatic heterocycles. The van der Waals surface area contributed by atoms with Crippen molar-refractivity contribution in [1.29, 1.82) is 0 Å². The number of hydrogen-bond donors (Lipinski definition) is 1. The van der Waals surface area contributed by atoms with Crippen LogP contribution in [0.15, 0.2) is 58.7 Å². The van der Waals surface area contributed by atoms with Gasteiger partial charge in [-0.3, -0.25) is 9.59 Å². The van der Waals surface area contributed by atoms with E-state index in [-0.39, 0.29) is 28.1 Å². The Bertz CT molecular complexity index is 982. The Labute approximate surface area is 165 Å². The fourth-order valence-electron chi connectivity index (χ4n) is 2.50. The highest BCUT2D eigenvalue weighted by molar-refractivity contribution is 6.46. The fraction of sp³-hybridized carbons (Fsp3) is 0.200. The zero-order valence-electron chi connectivity index (χ0n) is 15.9. The van der Waals surface area contributed by atoms with Gasteiger partial charge in [-0.15, -0.1) is 0 Å². The summed E-state index contributed by atoms with van der Waals surface area (Å²) in [4.78, 5) is 33.4. The summed E-state index contributed by atoms with van der Waals surface area (Å²) in [5.74, 6) is -1.31. The number of hydrogen-bond acceptors (Lipinski definition) is 4. The summed E-state index contributed by atoms with van der Waals surface area (Å²) in [6.45, 7) is 1.43. The minimum Gasteiger partial charge on any atom is -0.398 e. The van der Waals surface area contributed by atoms with Crippen molar-refractivity contribution in [1.82, 2.24) is 5.32 Å². The van der Waals surface area contributed by atoms with Crippen molar-refractivity contribution >= 4 is 23.2 Å². The Morgan fingerprint density at radius 1 is 1.03 bits per heavy atom. The molecule has 0 aliphatic rings. The van der Waals surface area contributed by atoms with Gasteiger partial charge in [-0.2, -0.15) is 13.2 Å². The van der Waals surface area contributed by atoms with Crippen molar-refractivity contribution < 1.29 is 27.6 Å². The maximum Gasteiger partial charge on any atom is 0.416 e. The van der Waals surface area contributed by atoms with Crippen LogP contribution in [0.4, 0.5) is 13.2 Å². The fourth-order valence-corrected chi connectivity index (χ4v) is 2.50. The van der Waals surface area contributed by atoms with Crippen LogP contribution in [0.3, 0.4) is 0 Å². The van der Waals surface area contributed by atoms with E-state index in [9.17, 15) is 22.8 Å². The quantitative estimate of drug-likeness (QED) is 0.611. The highest BCUT2D eigenvalue weighted by atomic mass is 19.4. The molecule has 0 spiro atoms. The summed E-state index contributed by atoms with van der Waals surface area (Å²) in [6.07, 6.45) is -4.51. The number of likely N-dealkylation sites (N-methyl/N-ethyl adjacent to an activating group) is 1. The van der Waals surface area contributed by atoms with Crippen LogP contribution in [0.5, 0.6) is 0 Å². The Morgan fingerprint density at radius 3 is 2.28 bits per heavy atom. The highest BCUT2D eigenvalue weighted by Crippen LogP contribution is 2.29. The van der Waals surface area contributed by atoms with Crippen molar-refractivity contribution in [3.05, 3.63) is 70.8 Å². The monoisotopic (exact) mass is 405 g/mol. The lowest BCUT2D eigenvalue weighted by Gasteiger charge is -2.10. The number of benzene rings is 2. The largest absolute Gasteiger partial charge is 0.416 e. The summed E-state index contributed by atoms with van der Waals surface area (Å²) < 4.78 is 38.7. The number of alkyl halides is 3. The van der Waals surface area contributed by atoms with Gasteiger partial charge >= 0.3 is 6.18 Å². The standard InChI is InChI=1S/C20H18F3N3O3/c1-12(13-7-6-8-14(11-13)20(21,22)23)25-18(27)16-10-5-4-9-15(16)17(26-29-3)19(28)24-2/h4-11H,1-3H3,(H,24,28). The summed E-state index contributed by atoms with van der Waals surface area (Å²) in [6, 6.07) is 10.6. The van der Waals surface area contributed by atoms with Gasteiger partial charge in [0.15, 0.2) is 5.71 Å². The molecule has 0 saturated heterocycles. The number of nitrogens with zero attached hydrogens (tertiary/aromatic N) is 2. The average Bonchev–Trinajstić information content (AvgIpc) is 2.70. The predicted octanol–water partition coefficient (Wildman–Crippen LogP) is 3.45. The minimum absolute atomic E-state index is 0.0539. The van der Waals surface area contributed by atoms with Crippen molar-refractivity contribution in [3.63, 3.8) is 0 Å². The molecular weight excluding hydrogens is 387 g/mol. The lowest BCUT2D eigenvalue weighted by atomic mass is 10.0. The molecular formula is C20H18F3N3O3. The topological polar surface area (TPSA) is 80.1 Å². The molecule has 6 nitrogen and oxygen atoms in total. The van der Waals surface area contributed by atoms with E-state index < -0.39 is 23.6 Å². The van der Waals surface area contributed by atoms with Gasteiger partial charge < -0.3 is 10.2 Å². The first-order valence-electron chi connectivity index (χ1n) is 8.39. The van der Waals surface area contributed by atoms with Crippen LogP contribution in [0.1, 0.15) is 34.0 Å². The van der Waals surface area contributed by atoms with Crippen LogP contribution in [0.2, 0.25) is 0 Å². The Hall–Kier alpha value is -3.49. The number of carbonyl (C=O) groups excluding carboxylic acids is 2. The molecule has 0 aromatic heterocycles. The highest BCUT2D eigenvalue weighted by Gasteiger charge is 2.30. The van der Waals surface area contributed by atoms with E-state index in [1.165, 1.54) is 45.3 Å². The number of rotatable bonds is 5. The first-order valence-corrected chi connectivity index (χ1v) is 8.39. The van der Waals surface area contributed by atoms with Gasteiger partial charge in [0.05, 0.1) is 11.1 Å². The number of oxime groups is 1. The van der Waals surface area contributed by atoms with E-state index in [0.29, 0.717) is 0 Å². The van der Waals surface area contributed by atoms with Gasteiger partial charge in [-0.1, -0.05) is 35.5 Å². The molecule has 0 radical (unpaired) electrons. The minimum atomic E-state index is -4.51. The zero-order chi connectivity index (χ0) is 21.6. The summed E-state index contributed by atoms with van der Waals surface area (Å²) >= 11 is 0. The lowest BCUT2D eigenvalue weighted by Crippen LogP contribution is -2.29. The molecule has 0 atom stereocenters. The SMILES string of the molecule is CNC(=O)C(=NOC)c1ccccc1C(=O)N=C(C)c1cccc(C(F)(F)F)c1. The lowest BCUT2D eigenvalue weighted by molar-refractivity contribution is -0.137. The molecule has 0 heterocycles. The van der Waals surface area contributed by atoms with Gasteiger partial charge in [0, 0.05) is 18.3 Å². The predicted molar refractivity (Wildman–Crippen MR) is 102 cm³/mol. The Kier molecular flexibility index (Phi) is 6.87. The number of carbonyl (C=O) groups is 2. The van der Waals surface area contributed by atoms with Crippen LogP contribution in [0.25, 0.3) is 0 Å². The second-order valence-electron chi connectivity index (χ2n) is 5.83. The maximum absolute atomic E-state index is 12.9. The Balaban J connectivity index is 2.46. The van der Waals surface area contributed by atoms with Crippen LogP contribution in [0, 0.1) is 0 Å². The third kappa shape index (κ3) is 5.28. The number of amides is 2. The van der Waals surface area contributed by atoms with Gasteiger partial charge in [0.25, 0.3) is 11.8 Å². The molecule has 2 aromatic rings. The molecule has 2 amide bonds. The van der Waals surface area contributed by atoms with E-state index in [2.05, 4.69) is 20.3 Å². The molecule has 29 heavy (non-hydrogen) atoms. The van der Waals surface area contributed by atoms with E-state index in [1.54, 1.807) is 12.1 Å². The van der Waals surface area contributed by atoms with Gasteiger partial charge in [0.2, 0.25) is 0 Å². The Morgan fingerprint density at radius 2 is 1.69 bits per heavy atom. The maximum atomic E-state index is 12.9. The van der Waals surface area contributed by atoms with Gasteiger partial charge in [0.1, 0.15) is 7.11 Å². The first kappa shape index (κ1) is 21.8. The normalized spacial score (nSPS) is 12.5. The van der Waals surface area contributed by atoms with Crippen LogP contribution < -0.4 is 5.32 Å². The molecule has 152 valence electrons. The number of halogens is 3. The molecule has 2 rings (SSSR count). The third-order valence-corrected chi connectivity index (χ3v) is 3.91. The van der Waals surface area contributed by atoms with E-state index in [0.717, 1.165) is 12.1 Å². The van der Waals surface area contributed by atoms with Crippen molar-refractivity contribution in [3.8, 4) is 0 Å². The average molecular weight is 405 g/mol. The van der Waals surface area contributed by atoms with Crippen molar-refractivity contribution in [2.24, 2.45) is 10.1 Å². The van der Waals surface area contributed by atoms with Crippen LogP contribution >= 0.6 is 0 Å². The van der Waals surface area contributed by atoms with E-state index in [1.807, 2.05) is 0 Å². The second-order valence-corrected chi connectivity index (χ2v) is 5.83. The smallest absolute Gasteiger partial charge is 0.398 e. The molecule has 0 unspecified atom stereocenters.